The number of H-pyrrole nitrogens is 1. The number of fused-ring (bicyclic) bond motifs is 1. The topological polar surface area (TPSA) is 118 Å². The minimum atomic E-state index is -0.731. The number of aryl methyl sites for hydroxylation is 2. The summed E-state index contributed by atoms with van der Waals surface area (Å²) in [7, 11) is 2.70. The zero-order valence-corrected chi connectivity index (χ0v) is 14.9. The summed E-state index contributed by atoms with van der Waals surface area (Å²) in [6, 6.07) is 8.47. The van der Waals surface area contributed by atoms with Crippen molar-refractivity contribution in [3.8, 4) is 0 Å². The first kappa shape index (κ1) is 18.1. The quantitative estimate of drug-likeness (QED) is 0.500. The number of carbonyl (C=O) groups is 1. The Morgan fingerprint density at radius 2 is 1.78 bits per heavy atom. The number of pyridine rings is 1. The number of hydrogen-bond donors (Lipinski definition) is 2. The number of amides is 1. The normalized spacial score (nSPS) is 11.2. The molecular weight excluding hydrogens is 350 g/mol. The monoisotopic (exact) mass is 367 g/mol. The second-order valence-electron chi connectivity index (χ2n) is 6.09. The Bertz CT molecular complexity index is 1250. The molecular formula is C18H17N5O4. The van der Waals surface area contributed by atoms with Crippen LogP contribution in [0, 0.1) is 6.92 Å². The summed E-state index contributed by atoms with van der Waals surface area (Å²) in [5.41, 5.74) is 2.07. The van der Waals surface area contributed by atoms with E-state index in [9.17, 15) is 19.2 Å². The fourth-order valence-electron chi connectivity index (χ4n) is 2.65. The smallest absolute Gasteiger partial charge is 0.308 e. The molecule has 2 N–H and O–H groups in total. The van der Waals surface area contributed by atoms with Gasteiger partial charge in [-0.25, -0.2) is 10.2 Å². The summed E-state index contributed by atoms with van der Waals surface area (Å²) >= 11 is 0. The Kier molecular flexibility index (Phi) is 4.59. The predicted molar refractivity (Wildman–Crippen MR) is 101 cm³/mol. The first-order valence-corrected chi connectivity index (χ1v) is 8.02. The lowest BCUT2D eigenvalue weighted by molar-refractivity contribution is 0.0956. The van der Waals surface area contributed by atoms with E-state index in [1.165, 1.54) is 20.3 Å². The second-order valence-corrected chi connectivity index (χ2v) is 6.09. The van der Waals surface area contributed by atoms with Crippen molar-refractivity contribution in [2.24, 2.45) is 19.2 Å². The molecule has 0 aliphatic carbocycles. The summed E-state index contributed by atoms with van der Waals surface area (Å²) in [6.07, 6.45) is 1.44. The summed E-state index contributed by atoms with van der Waals surface area (Å²) in [5, 5.41) is 3.79. The van der Waals surface area contributed by atoms with E-state index in [1.807, 2.05) is 31.2 Å². The molecule has 9 nitrogen and oxygen atoms in total. The van der Waals surface area contributed by atoms with Crippen molar-refractivity contribution in [1.29, 1.82) is 0 Å². The third-order valence-corrected chi connectivity index (χ3v) is 4.15. The molecule has 9 heteroatoms. The molecule has 3 rings (SSSR count). The van der Waals surface area contributed by atoms with Crippen LogP contribution in [-0.2, 0) is 14.1 Å². The maximum absolute atomic E-state index is 12.5. The number of aromatic nitrogens is 3. The molecule has 0 saturated heterocycles. The van der Waals surface area contributed by atoms with Crippen LogP contribution in [0.5, 0.6) is 0 Å². The summed E-state index contributed by atoms with van der Waals surface area (Å²) in [6.45, 7) is 1.95. The van der Waals surface area contributed by atoms with E-state index < -0.39 is 22.7 Å². The molecule has 0 atom stereocenters. The highest BCUT2D eigenvalue weighted by atomic mass is 16.2. The average Bonchev–Trinajstić information content (AvgIpc) is 2.65. The van der Waals surface area contributed by atoms with E-state index in [0.717, 1.165) is 26.3 Å². The molecule has 0 aliphatic heterocycles. The maximum atomic E-state index is 12.5. The minimum Gasteiger partial charge on any atom is -0.308 e. The van der Waals surface area contributed by atoms with Crippen LogP contribution in [0.25, 0.3) is 11.0 Å². The van der Waals surface area contributed by atoms with Crippen LogP contribution < -0.4 is 22.2 Å². The van der Waals surface area contributed by atoms with Crippen LogP contribution in [0.15, 0.2) is 49.8 Å². The van der Waals surface area contributed by atoms with Crippen LogP contribution in [0.2, 0.25) is 0 Å². The van der Waals surface area contributed by atoms with Gasteiger partial charge < -0.3 is 4.98 Å². The summed E-state index contributed by atoms with van der Waals surface area (Å²) < 4.78 is 1.97. The molecule has 0 spiro atoms. The number of hydrazone groups is 1. The van der Waals surface area contributed by atoms with Crippen molar-refractivity contribution in [3.63, 3.8) is 0 Å². The van der Waals surface area contributed by atoms with Crippen molar-refractivity contribution in [1.82, 2.24) is 19.5 Å². The largest absolute Gasteiger partial charge is 0.332 e. The number of aromatic amines is 1. The van der Waals surface area contributed by atoms with Gasteiger partial charge in [0.05, 0.1) is 17.2 Å². The van der Waals surface area contributed by atoms with Crippen molar-refractivity contribution >= 4 is 23.2 Å². The van der Waals surface area contributed by atoms with Crippen LogP contribution in [0.4, 0.5) is 0 Å². The van der Waals surface area contributed by atoms with Gasteiger partial charge in [-0.15, -0.1) is 0 Å². The summed E-state index contributed by atoms with van der Waals surface area (Å²) in [5.74, 6) is -0.731. The second kappa shape index (κ2) is 6.87. The maximum Gasteiger partial charge on any atom is 0.332 e. The molecule has 0 saturated carbocycles. The molecule has 0 unspecified atom stereocenters. The number of nitrogens with zero attached hydrogens (tertiary/aromatic N) is 3. The predicted octanol–water partition coefficient (Wildman–Crippen LogP) is -0.00218. The highest BCUT2D eigenvalue weighted by molar-refractivity contribution is 6.05. The molecule has 2 aromatic heterocycles. The first-order chi connectivity index (χ1) is 12.8. The number of rotatable bonds is 3. The van der Waals surface area contributed by atoms with E-state index in [0.29, 0.717) is 0 Å². The fraction of sp³-hybridized carbons (Fsp3) is 0.167. The zero-order chi connectivity index (χ0) is 19.7. The van der Waals surface area contributed by atoms with Crippen LogP contribution in [-0.4, -0.2) is 26.2 Å². The van der Waals surface area contributed by atoms with Gasteiger partial charge in [0.15, 0.2) is 0 Å². The lowest BCUT2D eigenvalue weighted by Gasteiger charge is -2.09. The van der Waals surface area contributed by atoms with E-state index in [1.54, 1.807) is 0 Å². The number of carbonyl (C=O) groups excluding carboxylic acids is 1. The molecule has 1 amide bonds. The van der Waals surface area contributed by atoms with Gasteiger partial charge in [-0.1, -0.05) is 29.8 Å². The molecule has 3 aromatic rings. The Morgan fingerprint density at radius 3 is 2.44 bits per heavy atom. The minimum absolute atomic E-state index is 0.0248. The van der Waals surface area contributed by atoms with Gasteiger partial charge in [0.2, 0.25) is 5.56 Å². The third-order valence-electron chi connectivity index (χ3n) is 4.15. The van der Waals surface area contributed by atoms with Gasteiger partial charge in [-0.05, 0) is 12.5 Å². The fourth-order valence-corrected chi connectivity index (χ4v) is 2.65. The van der Waals surface area contributed by atoms with Crippen molar-refractivity contribution in [2.45, 2.75) is 6.92 Å². The Labute approximate surface area is 152 Å². The van der Waals surface area contributed by atoms with Crippen LogP contribution >= 0.6 is 0 Å². The lowest BCUT2D eigenvalue weighted by Crippen LogP contribution is -2.39. The van der Waals surface area contributed by atoms with E-state index in [-0.39, 0.29) is 16.6 Å². The zero-order valence-electron chi connectivity index (χ0n) is 14.9. The number of nitrogens with one attached hydrogen (secondary N) is 2. The standard InChI is InChI=1S/C18H17N5O4/c1-10-4-6-11(7-5-10)9-19-21-16(25)12-8-13(24)20-15-14(12)17(26)23(3)18(27)22(15)2/h4-9H,1-3H3,(H,20,24)(H,21,25)/b19-9-. The first-order valence-electron chi connectivity index (χ1n) is 8.02. The third kappa shape index (κ3) is 3.34. The lowest BCUT2D eigenvalue weighted by atomic mass is 10.1. The molecule has 138 valence electrons. The van der Waals surface area contributed by atoms with E-state index in [4.69, 9.17) is 0 Å². The van der Waals surface area contributed by atoms with Crippen molar-refractivity contribution < 1.29 is 4.79 Å². The van der Waals surface area contributed by atoms with E-state index in [2.05, 4.69) is 15.5 Å². The highest BCUT2D eigenvalue weighted by Gasteiger charge is 2.18. The Hall–Kier alpha value is -3.75. The van der Waals surface area contributed by atoms with Crippen molar-refractivity contribution in [2.75, 3.05) is 0 Å². The van der Waals surface area contributed by atoms with Crippen molar-refractivity contribution in [3.05, 3.63) is 78.2 Å². The van der Waals surface area contributed by atoms with Crippen LogP contribution in [0.1, 0.15) is 21.5 Å². The van der Waals surface area contributed by atoms with Gasteiger partial charge in [0.1, 0.15) is 5.65 Å². The average molecular weight is 367 g/mol. The molecule has 27 heavy (non-hydrogen) atoms. The van der Waals surface area contributed by atoms with Gasteiger partial charge in [0.25, 0.3) is 11.5 Å². The van der Waals surface area contributed by atoms with Gasteiger partial charge in [-0.2, -0.15) is 5.10 Å². The molecule has 2 heterocycles. The SMILES string of the molecule is Cc1ccc(/C=N\NC(=O)c2cc(=O)[nH]c3c2c(=O)n(C)c(=O)n3C)cc1. The molecule has 0 radical (unpaired) electrons. The van der Waals surface area contributed by atoms with Gasteiger partial charge >= 0.3 is 5.69 Å². The number of hydrogen-bond acceptors (Lipinski definition) is 5. The highest BCUT2D eigenvalue weighted by Crippen LogP contribution is 2.08. The Morgan fingerprint density at radius 1 is 1.11 bits per heavy atom. The summed E-state index contributed by atoms with van der Waals surface area (Å²) in [4.78, 5) is 51.3. The van der Waals surface area contributed by atoms with Gasteiger partial charge in [0, 0.05) is 20.2 Å². The molecule has 1 aromatic carbocycles. The van der Waals surface area contributed by atoms with E-state index >= 15 is 0 Å². The molecule has 0 aliphatic rings. The van der Waals surface area contributed by atoms with Gasteiger partial charge in [-0.3, -0.25) is 23.5 Å². The molecule has 0 fully saturated rings. The number of benzene rings is 1. The Balaban J connectivity index is 2.04. The molecule has 0 bridgehead atoms. The van der Waals surface area contributed by atoms with Crippen LogP contribution in [0.3, 0.4) is 0 Å².